The van der Waals surface area contributed by atoms with E-state index in [0.29, 0.717) is 5.92 Å². The fourth-order valence-corrected chi connectivity index (χ4v) is 6.10. The zero-order valence-corrected chi connectivity index (χ0v) is 19.7. The predicted molar refractivity (Wildman–Crippen MR) is 122 cm³/mol. The number of anilines is 1. The number of aromatic nitrogens is 3. The summed E-state index contributed by atoms with van der Waals surface area (Å²) in [4.78, 5) is 4.73. The van der Waals surface area contributed by atoms with Gasteiger partial charge in [-0.05, 0) is 61.4 Å². The van der Waals surface area contributed by atoms with Crippen LogP contribution < -0.4 is 4.90 Å². The summed E-state index contributed by atoms with van der Waals surface area (Å²) in [5.41, 5.74) is 0.758. The van der Waals surface area contributed by atoms with Crippen LogP contribution in [0.5, 0.6) is 0 Å². The Balaban J connectivity index is 1.06. The SMILES string of the molecule is Cn1c(SCCCN2CC[C@]3(C[C@@H]3c3ccc(C(F)(F)F)cc3)C2)nnc1N1CCOCC1. The summed E-state index contributed by atoms with van der Waals surface area (Å²) in [6.07, 6.45) is -0.965. The molecular formula is C23H30F3N5OS. The van der Waals surface area contributed by atoms with Crippen LogP contribution in [0.25, 0.3) is 0 Å². The van der Waals surface area contributed by atoms with E-state index >= 15 is 0 Å². The molecule has 0 radical (unpaired) electrons. The van der Waals surface area contributed by atoms with Crippen molar-refractivity contribution >= 4 is 17.7 Å². The van der Waals surface area contributed by atoms with Gasteiger partial charge in [0.25, 0.3) is 0 Å². The second-order valence-corrected chi connectivity index (χ2v) is 10.5. The number of alkyl halides is 3. The van der Waals surface area contributed by atoms with Crippen molar-refractivity contribution in [1.82, 2.24) is 19.7 Å². The van der Waals surface area contributed by atoms with Crippen molar-refractivity contribution in [2.24, 2.45) is 12.5 Å². The first-order valence-corrected chi connectivity index (χ1v) is 12.6. The lowest BCUT2D eigenvalue weighted by Crippen LogP contribution is -2.37. The van der Waals surface area contributed by atoms with E-state index in [1.165, 1.54) is 12.1 Å². The molecule has 6 nitrogen and oxygen atoms in total. The van der Waals surface area contributed by atoms with Gasteiger partial charge in [0.05, 0.1) is 18.8 Å². The molecule has 1 spiro atoms. The fraction of sp³-hybridized carbons (Fsp3) is 0.652. The highest BCUT2D eigenvalue weighted by Crippen LogP contribution is 2.64. The molecule has 2 atom stereocenters. The summed E-state index contributed by atoms with van der Waals surface area (Å²) >= 11 is 1.74. The molecule has 0 unspecified atom stereocenters. The van der Waals surface area contributed by atoms with Gasteiger partial charge in [0.2, 0.25) is 5.95 Å². The molecule has 3 fully saturated rings. The first-order valence-electron chi connectivity index (χ1n) is 11.6. The van der Waals surface area contributed by atoms with Crippen LogP contribution in [0.15, 0.2) is 29.4 Å². The average molecular weight is 482 g/mol. The van der Waals surface area contributed by atoms with Crippen LogP contribution in [-0.2, 0) is 18.0 Å². The molecular weight excluding hydrogens is 451 g/mol. The van der Waals surface area contributed by atoms with Crippen LogP contribution in [0.2, 0.25) is 0 Å². The highest BCUT2D eigenvalue weighted by molar-refractivity contribution is 7.99. The van der Waals surface area contributed by atoms with E-state index < -0.39 is 11.7 Å². The second-order valence-electron chi connectivity index (χ2n) is 9.41. The first kappa shape index (κ1) is 23.0. The minimum absolute atomic E-state index is 0.267. The molecule has 10 heteroatoms. The Kier molecular flexibility index (Phi) is 6.35. The number of hydrogen-bond donors (Lipinski definition) is 0. The number of halogens is 3. The summed E-state index contributed by atoms with van der Waals surface area (Å²) in [5, 5.41) is 9.68. The summed E-state index contributed by atoms with van der Waals surface area (Å²) in [5.74, 6) is 2.29. The van der Waals surface area contributed by atoms with Crippen LogP contribution in [0.1, 0.15) is 36.3 Å². The van der Waals surface area contributed by atoms with E-state index in [-0.39, 0.29) is 5.41 Å². The Morgan fingerprint density at radius 3 is 2.61 bits per heavy atom. The third kappa shape index (κ3) is 4.88. The van der Waals surface area contributed by atoms with Crippen molar-refractivity contribution < 1.29 is 17.9 Å². The fourth-order valence-electron chi connectivity index (χ4n) is 5.27. The Labute approximate surface area is 196 Å². The lowest BCUT2D eigenvalue weighted by Gasteiger charge is -2.27. The maximum Gasteiger partial charge on any atom is 0.416 e. The van der Waals surface area contributed by atoms with Gasteiger partial charge < -0.3 is 14.5 Å². The summed E-state index contributed by atoms with van der Waals surface area (Å²) < 4.78 is 46.0. The highest BCUT2D eigenvalue weighted by atomic mass is 32.2. The van der Waals surface area contributed by atoms with Gasteiger partial charge >= 0.3 is 6.18 Å². The van der Waals surface area contributed by atoms with Gasteiger partial charge in [0, 0.05) is 32.4 Å². The van der Waals surface area contributed by atoms with E-state index in [9.17, 15) is 13.2 Å². The van der Waals surface area contributed by atoms with E-state index in [1.807, 2.05) is 7.05 Å². The molecule has 3 aliphatic rings. The van der Waals surface area contributed by atoms with Crippen molar-refractivity contribution in [3.05, 3.63) is 35.4 Å². The number of benzene rings is 1. The Bertz CT molecular complexity index is 960. The molecule has 1 aromatic carbocycles. The summed E-state index contributed by atoms with van der Waals surface area (Å²) in [6, 6.07) is 5.80. The van der Waals surface area contributed by atoms with Gasteiger partial charge in [-0.15, -0.1) is 10.2 Å². The zero-order chi connectivity index (χ0) is 23.1. The van der Waals surface area contributed by atoms with Crippen molar-refractivity contribution in [3.63, 3.8) is 0 Å². The molecule has 33 heavy (non-hydrogen) atoms. The van der Waals surface area contributed by atoms with Crippen molar-refractivity contribution in [2.75, 3.05) is 56.6 Å². The van der Waals surface area contributed by atoms with Crippen LogP contribution in [0, 0.1) is 5.41 Å². The molecule has 0 amide bonds. The van der Waals surface area contributed by atoms with Gasteiger partial charge in [-0.2, -0.15) is 13.2 Å². The highest BCUT2D eigenvalue weighted by Gasteiger charge is 2.57. The number of likely N-dealkylation sites (tertiary alicyclic amines) is 1. The third-order valence-electron chi connectivity index (χ3n) is 7.25. The Morgan fingerprint density at radius 2 is 1.88 bits per heavy atom. The van der Waals surface area contributed by atoms with Crippen LogP contribution in [0.3, 0.4) is 0 Å². The van der Waals surface area contributed by atoms with E-state index in [1.54, 1.807) is 23.9 Å². The van der Waals surface area contributed by atoms with Crippen molar-refractivity contribution in [1.29, 1.82) is 0 Å². The quantitative estimate of drug-likeness (QED) is 0.440. The van der Waals surface area contributed by atoms with Gasteiger partial charge in [-0.3, -0.25) is 4.57 Å². The smallest absolute Gasteiger partial charge is 0.378 e. The van der Waals surface area contributed by atoms with Gasteiger partial charge in [-0.25, -0.2) is 0 Å². The third-order valence-corrected chi connectivity index (χ3v) is 8.36. The molecule has 0 bridgehead atoms. The molecule has 5 rings (SSSR count). The predicted octanol–water partition coefficient (Wildman–Crippen LogP) is 4.03. The summed E-state index contributed by atoms with van der Waals surface area (Å²) in [6.45, 7) is 6.32. The summed E-state index contributed by atoms with van der Waals surface area (Å²) in [7, 11) is 2.02. The molecule has 1 aliphatic carbocycles. The largest absolute Gasteiger partial charge is 0.416 e. The topological polar surface area (TPSA) is 46.4 Å². The molecule has 2 saturated heterocycles. The minimum atomic E-state index is -4.27. The maximum atomic E-state index is 12.8. The molecule has 2 aliphatic heterocycles. The van der Waals surface area contributed by atoms with E-state index in [4.69, 9.17) is 4.74 Å². The normalized spacial score (nSPS) is 25.8. The standard InChI is InChI=1S/C23H30F3N5OS/c1-29-20(31-10-12-32-13-11-31)27-28-21(29)33-14-2-8-30-9-7-22(16-30)15-19(22)17-3-5-18(6-4-17)23(24,25)26/h3-6,19H,2,7-16H2,1H3/t19-,22+/m1/s1. The van der Waals surface area contributed by atoms with Crippen LogP contribution >= 0.6 is 11.8 Å². The molecule has 1 aromatic heterocycles. The molecule has 0 N–H and O–H groups in total. The maximum absolute atomic E-state index is 12.8. The molecule has 3 heterocycles. The Morgan fingerprint density at radius 1 is 1.12 bits per heavy atom. The van der Waals surface area contributed by atoms with Gasteiger partial charge in [0.1, 0.15) is 0 Å². The second kappa shape index (κ2) is 9.11. The van der Waals surface area contributed by atoms with Gasteiger partial charge in [0.15, 0.2) is 5.16 Å². The number of hydrogen-bond acceptors (Lipinski definition) is 6. The van der Waals surface area contributed by atoms with Crippen LogP contribution in [-0.4, -0.2) is 71.4 Å². The van der Waals surface area contributed by atoms with Crippen molar-refractivity contribution in [2.45, 2.75) is 36.5 Å². The average Bonchev–Trinajstić information content (AvgIpc) is 3.15. The van der Waals surface area contributed by atoms with Gasteiger partial charge in [-0.1, -0.05) is 23.9 Å². The van der Waals surface area contributed by atoms with Crippen molar-refractivity contribution in [3.8, 4) is 0 Å². The number of nitrogens with zero attached hydrogens (tertiary/aromatic N) is 5. The number of ether oxygens (including phenoxy) is 1. The van der Waals surface area contributed by atoms with E-state index in [0.717, 1.165) is 87.6 Å². The number of thioether (sulfide) groups is 1. The van der Waals surface area contributed by atoms with E-state index in [2.05, 4.69) is 24.6 Å². The number of morpholine rings is 1. The monoisotopic (exact) mass is 481 g/mol. The lowest BCUT2D eigenvalue weighted by atomic mass is 9.97. The lowest BCUT2D eigenvalue weighted by molar-refractivity contribution is -0.137. The molecule has 1 saturated carbocycles. The van der Waals surface area contributed by atoms with Crippen LogP contribution in [0.4, 0.5) is 19.1 Å². The molecule has 180 valence electrons. The minimum Gasteiger partial charge on any atom is -0.378 e. The Hall–Kier alpha value is -1.78. The first-order chi connectivity index (χ1) is 15.9. The zero-order valence-electron chi connectivity index (χ0n) is 18.9. The molecule has 2 aromatic rings. The number of rotatable bonds is 7.